The van der Waals surface area contributed by atoms with Crippen LogP contribution in [0.3, 0.4) is 0 Å². The zero-order chi connectivity index (χ0) is 24.3. The summed E-state index contributed by atoms with van der Waals surface area (Å²) in [6.07, 6.45) is 2.15. The van der Waals surface area contributed by atoms with Gasteiger partial charge in [0.25, 0.3) is 0 Å². The first-order valence-corrected chi connectivity index (χ1v) is 12.5. The smallest absolute Gasteiger partial charge is 0.414 e. The van der Waals surface area contributed by atoms with Crippen LogP contribution in [-0.2, 0) is 32.5 Å². The largest absolute Gasteiger partial charge is 0.473 e. The molecule has 5 rings (SSSR count). The molecule has 0 bridgehead atoms. The van der Waals surface area contributed by atoms with Crippen LogP contribution in [0.1, 0.15) is 11.1 Å². The highest BCUT2D eigenvalue weighted by Gasteiger charge is 2.33. The molecule has 1 aliphatic carbocycles. The minimum absolute atomic E-state index is 0.396. The Morgan fingerprint density at radius 1 is 0.735 bits per heavy atom. The van der Waals surface area contributed by atoms with E-state index in [-0.39, 0.29) is 0 Å². The predicted octanol–water partition coefficient (Wildman–Crippen LogP) is 2.47. The van der Waals surface area contributed by atoms with E-state index >= 15 is 0 Å². The van der Waals surface area contributed by atoms with E-state index < -0.39 is 22.0 Å². The summed E-state index contributed by atoms with van der Waals surface area (Å²) in [5.74, 6) is -3.65. The minimum Gasteiger partial charge on any atom is -0.473 e. The Bertz CT molecular complexity index is 1280. The first kappa shape index (κ1) is 23.9. The number of hydrogen-bond donors (Lipinski definition) is 2. The van der Waals surface area contributed by atoms with Crippen molar-refractivity contribution in [3.63, 3.8) is 0 Å². The van der Waals surface area contributed by atoms with Gasteiger partial charge in [0.1, 0.15) is 0 Å². The van der Waals surface area contributed by atoms with Crippen LogP contribution in [0.25, 0.3) is 10.8 Å². The lowest BCUT2D eigenvalue weighted by molar-refractivity contribution is -0.159. The molecule has 0 unspecified atom stereocenters. The molecule has 1 heterocycles. The molecular weight excluding hydrogens is 456 g/mol. The molecular formula is C25H26N2O6S. The average molecular weight is 483 g/mol. The summed E-state index contributed by atoms with van der Waals surface area (Å²) < 4.78 is 27.9. The van der Waals surface area contributed by atoms with Crippen molar-refractivity contribution in [1.82, 2.24) is 9.21 Å². The molecule has 34 heavy (non-hydrogen) atoms. The van der Waals surface area contributed by atoms with Gasteiger partial charge in [-0.15, -0.1) is 0 Å². The zero-order valence-corrected chi connectivity index (χ0v) is 19.3. The molecule has 178 valence electrons. The number of sulfonamides is 1. The maximum absolute atomic E-state index is 13.1. The van der Waals surface area contributed by atoms with E-state index in [1.807, 2.05) is 30.3 Å². The highest BCUT2D eigenvalue weighted by molar-refractivity contribution is 7.89. The molecule has 3 aromatic rings. The lowest BCUT2D eigenvalue weighted by atomic mass is 10.1. The first-order valence-electron chi connectivity index (χ1n) is 11.0. The number of rotatable bonds is 3. The van der Waals surface area contributed by atoms with Crippen molar-refractivity contribution in [2.75, 3.05) is 26.2 Å². The molecule has 0 saturated carbocycles. The summed E-state index contributed by atoms with van der Waals surface area (Å²) in [6.45, 7) is 2.71. The highest BCUT2D eigenvalue weighted by Crippen LogP contribution is 2.28. The van der Waals surface area contributed by atoms with E-state index in [0.717, 1.165) is 36.7 Å². The van der Waals surface area contributed by atoms with E-state index in [1.165, 1.54) is 11.1 Å². The standard InChI is InChI=1S/C23H24N2O2S.C2H2O4/c26-28(27,23-10-9-18-5-1-2-8-21(18)17-23)25-13-11-24(12-14-25)22-15-19-6-3-4-7-20(19)16-22;3-1(4)2(5)6/h1-10,17,22H,11-16H2;(H,3,4)(H,5,6). The molecule has 0 atom stereocenters. The average Bonchev–Trinajstić information content (AvgIpc) is 3.28. The molecule has 0 spiro atoms. The number of carboxylic acid groups (broad SMARTS) is 2. The van der Waals surface area contributed by atoms with Gasteiger partial charge >= 0.3 is 11.9 Å². The maximum Gasteiger partial charge on any atom is 0.414 e. The monoisotopic (exact) mass is 482 g/mol. The Labute approximate surface area is 198 Å². The Morgan fingerprint density at radius 3 is 1.82 bits per heavy atom. The van der Waals surface area contributed by atoms with Crippen molar-refractivity contribution in [3.8, 4) is 0 Å². The van der Waals surface area contributed by atoms with E-state index in [1.54, 1.807) is 16.4 Å². The summed E-state index contributed by atoms with van der Waals surface area (Å²) >= 11 is 0. The molecule has 1 saturated heterocycles. The fraction of sp³-hybridized carbons (Fsp3) is 0.280. The minimum atomic E-state index is -3.45. The van der Waals surface area contributed by atoms with Crippen molar-refractivity contribution in [2.45, 2.75) is 23.8 Å². The van der Waals surface area contributed by atoms with Crippen LogP contribution in [0.2, 0.25) is 0 Å². The number of aliphatic carboxylic acids is 2. The third-order valence-corrected chi connectivity index (χ3v) is 8.26. The lowest BCUT2D eigenvalue weighted by Crippen LogP contribution is -2.52. The Balaban J connectivity index is 0.000000408. The number of piperazine rings is 1. The van der Waals surface area contributed by atoms with Crippen LogP contribution >= 0.6 is 0 Å². The van der Waals surface area contributed by atoms with Crippen LogP contribution in [-0.4, -0.2) is 72.0 Å². The Morgan fingerprint density at radius 2 is 1.26 bits per heavy atom. The van der Waals surface area contributed by atoms with E-state index in [9.17, 15) is 8.42 Å². The molecule has 2 N–H and O–H groups in total. The molecule has 0 amide bonds. The molecule has 8 nitrogen and oxygen atoms in total. The number of carboxylic acids is 2. The summed E-state index contributed by atoms with van der Waals surface area (Å²) in [4.78, 5) is 21.1. The molecule has 1 fully saturated rings. The summed E-state index contributed by atoms with van der Waals surface area (Å²) in [6, 6.07) is 22.5. The summed E-state index contributed by atoms with van der Waals surface area (Å²) in [5.41, 5.74) is 2.89. The summed E-state index contributed by atoms with van der Waals surface area (Å²) in [7, 11) is -3.45. The third-order valence-electron chi connectivity index (χ3n) is 6.36. The van der Waals surface area contributed by atoms with Gasteiger partial charge in [-0.2, -0.15) is 4.31 Å². The second-order valence-corrected chi connectivity index (χ2v) is 10.3. The summed E-state index contributed by atoms with van der Waals surface area (Å²) in [5, 5.41) is 16.8. The molecule has 3 aromatic carbocycles. The van der Waals surface area contributed by atoms with Gasteiger partial charge in [0.2, 0.25) is 10.0 Å². The fourth-order valence-corrected chi connectivity index (χ4v) is 6.04. The van der Waals surface area contributed by atoms with Crippen molar-refractivity contribution in [2.24, 2.45) is 0 Å². The molecule has 2 aliphatic rings. The van der Waals surface area contributed by atoms with Crippen LogP contribution in [0, 0.1) is 0 Å². The lowest BCUT2D eigenvalue weighted by Gasteiger charge is -2.37. The van der Waals surface area contributed by atoms with E-state index in [2.05, 4.69) is 29.2 Å². The SMILES string of the molecule is O=C(O)C(=O)O.O=S(=O)(c1ccc2ccccc2c1)N1CCN(C2Cc3ccccc3C2)CC1. The normalized spacial score (nSPS) is 17.1. The van der Waals surface area contributed by atoms with Crippen molar-refractivity contribution < 1.29 is 28.2 Å². The van der Waals surface area contributed by atoms with Crippen LogP contribution in [0.4, 0.5) is 0 Å². The van der Waals surface area contributed by atoms with Gasteiger partial charge in [-0.1, -0.05) is 54.6 Å². The number of benzene rings is 3. The van der Waals surface area contributed by atoms with Gasteiger partial charge in [-0.25, -0.2) is 18.0 Å². The van der Waals surface area contributed by atoms with E-state index in [0.29, 0.717) is 24.0 Å². The topological polar surface area (TPSA) is 115 Å². The van der Waals surface area contributed by atoms with Gasteiger partial charge in [-0.05, 0) is 46.9 Å². The van der Waals surface area contributed by atoms with Gasteiger partial charge in [0.05, 0.1) is 4.90 Å². The maximum atomic E-state index is 13.1. The second-order valence-electron chi connectivity index (χ2n) is 8.39. The van der Waals surface area contributed by atoms with Gasteiger partial charge in [-0.3, -0.25) is 4.90 Å². The quantitative estimate of drug-likeness (QED) is 0.551. The number of fused-ring (bicyclic) bond motifs is 2. The van der Waals surface area contributed by atoms with Crippen molar-refractivity contribution in [1.29, 1.82) is 0 Å². The van der Waals surface area contributed by atoms with Crippen LogP contribution in [0.5, 0.6) is 0 Å². The van der Waals surface area contributed by atoms with Gasteiger partial charge in [0, 0.05) is 32.2 Å². The third kappa shape index (κ3) is 5.11. The molecule has 0 radical (unpaired) electrons. The van der Waals surface area contributed by atoms with Crippen molar-refractivity contribution in [3.05, 3.63) is 77.9 Å². The molecule has 0 aromatic heterocycles. The highest BCUT2D eigenvalue weighted by atomic mass is 32.2. The first-order chi connectivity index (χ1) is 16.3. The second kappa shape index (κ2) is 9.92. The number of nitrogens with zero attached hydrogens (tertiary/aromatic N) is 2. The van der Waals surface area contributed by atoms with Gasteiger partial charge < -0.3 is 10.2 Å². The number of carbonyl (C=O) groups is 2. The molecule has 1 aliphatic heterocycles. The Kier molecular flexibility index (Phi) is 6.97. The van der Waals surface area contributed by atoms with Crippen molar-refractivity contribution >= 4 is 32.7 Å². The zero-order valence-electron chi connectivity index (χ0n) is 18.5. The van der Waals surface area contributed by atoms with E-state index in [4.69, 9.17) is 19.8 Å². The van der Waals surface area contributed by atoms with Crippen LogP contribution in [0.15, 0.2) is 71.6 Å². The molecule has 9 heteroatoms. The predicted molar refractivity (Wildman–Crippen MR) is 127 cm³/mol. The Hall–Kier alpha value is -3.27. The fourth-order valence-electron chi connectivity index (χ4n) is 4.58. The van der Waals surface area contributed by atoms with Gasteiger partial charge in [0.15, 0.2) is 0 Å². The number of hydrogen-bond acceptors (Lipinski definition) is 5. The van der Waals surface area contributed by atoms with Crippen LogP contribution < -0.4 is 0 Å².